The number of hydrogen-bond donors (Lipinski definition) is 3. The lowest BCUT2D eigenvalue weighted by Gasteiger charge is -2.35. The molecule has 0 aliphatic heterocycles. The van der Waals surface area contributed by atoms with Crippen molar-refractivity contribution in [2.24, 2.45) is 5.92 Å². The molecule has 2 unspecified atom stereocenters. The number of rotatable bonds is 10. The lowest BCUT2D eigenvalue weighted by molar-refractivity contribution is -0.143. The Morgan fingerprint density at radius 2 is 1.73 bits per heavy atom. The Labute approximate surface area is 219 Å². The van der Waals surface area contributed by atoms with E-state index in [0.29, 0.717) is 18.5 Å². The van der Waals surface area contributed by atoms with E-state index < -0.39 is 23.8 Å². The zero-order valence-corrected chi connectivity index (χ0v) is 22.4. The quantitative estimate of drug-likeness (QED) is 0.431. The highest BCUT2D eigenvalue weighted by Gasteiger charge is 2.44. The van der Waals surface area contributed by atoms with E-state index in [1.165, 1.54) is 12.1 Å². The van der Waals surface area contributed by atoms with E-state index in [1.807, 2.05) is 44.2 Å². The molecule has 8 nitrogen and oxygen atoms in total. The van der Waals surface area contributed by atoms with Gasteiger partial charge in [0.2, 0.25) is 11.8 Å². The van der Waals surface area contributed by atoms with E-state index in [-0.39, 0.29) is 29.5 Å². The van der Waals surface area contributed by atoms with Gasteiger partial charge in [0, 0.05) is 12.6 Å². The summed E-state index contributed by atoms with van der Waals surface area (Å²) in [5.74, 6) is -0.580. The first-order valence-electron chi connectivity index (χ1n) is 12.9. The van der Waals surface area contributed by atoms with Gasteiger partial charge in [-0.2, -0.15) is 0 Å². The molecule has 0 aromatic heterocycles. The van der Waals surface area contributed by atoms with Crippen LogP contribution in [0.25, 0.3) is 0 Å². The summed E-state index contributed by atoms with van der Waals surface area (Å²) in [6, 6.07) is 14.0. The van der Waals surface area contributed by atoms with Gasteiger partial charge in [-0.3, -0.25) is 9.59 Å². The van der Waals surface area contributed by atoms with Crippen molar-refractivity contribution in [2.75, 3.05) is 0 Å². The molecule has 3 amide bonds. The Bertz CT molecular complexity index is 1080. The number of carbonyl (C=O) groups is 3. The van der Waals surface area contributed by atoms with Gasteiger partial charge in [0.25, 0.3) is 0 Å². The third-order valence-corrected chi connectivity index (χ3v) is 5.91. The average molecular weight is 510 g/mol. The minimum absolute atomic E-state index is 0.00663. The molecule has 0 radical (unpaired) electrons. The molecule has 2 aromatic carbocycles. The van der Waals surface area contributed by atoms with Gasteiger partial charge in [0.05, 0.1) is 0 Å². The molecule has 0 heterocycles. The van der Waals surface area contributed by atoms with Gasteiger partial charge in [-0.25, -0.2) is 4.79 Å². The van der Waals surface area contributed by atoms with Crippen LogP contribution in [-0.2, 0) is 20.9 Å². The summed E-state index contributed by atoms with van der Waals surface area (Å²) in [7, 11) is 0. The number of nitrogens with one attached hydrogen (secondary N) is 2. The van der Waals surface area contributed by atoms with Crippen LogP contribution in [0.15, 0.2) is 54.6 Å². The van der Waals surface area contributed by atoms with Gasteiger partial charge in [-0.15, -0.1) is 0 Å². The highest BCUT2D eigenvalue weighted by molar-refractivity contribution is 5.92. The number of hydrogen-bond acceptors (Lipinski definition) is 5. The Kier molecular flexibility index (Phi) is 9.18. The highest BCUT2D eigenvalue weighted by atomic mass is 16.6. The number of benzene rings is 2. The number of carbonyl (C=O) groups excluding carboxylic acids is 3. The van der Waals surface area contributed by atoms with Gasteiger partial charge >= 0.3 is 6.09 Å². The molecule has 3 N–H and O–H groups in total. The molecule has 1 aliphatic rings. The average Bonchev–Trinajstić information content (AvgIpc) is 3.64. The van der Waals surface area contributed by atoms with Crippen molar-refractivity contribution in [1.82, 2.24) is 15.5 Å². The van der Waals surface area contributed by atoms with Crippen LogP contribution < -0.4 is 10.6 Å². The molecule has 0 saturated heterocycles. The van der Waals surface area contributed by atoms with Crippen LogP contribution in [0.5, 0.6) is 5.75 Å². The van der Waals surface area contributed by atoms with E-state index in [4.69, 9.17) is 4.74 Å². The molecule has 0 bridgehead atoms. The minimum Gasteiger partial charge on any atom is -0.508 e. The van der Waals surface area contributed by atoms with Gasteiger partial charge in [-0.05, 0) is 69.2 Å². The molecule has 1 saturated carbocycles. The van der Waals surface area contributed by atoms with Crippen LogP contribution in [0.1, 0.15) is 71.0 Å². The molecule has 2 atom stereocenters. The maximum Gasteiger partial charge on any atom is 0.408 e. The summed E-state index contributed by atoms with van der Waals surface area (Å²) in [6.45, 7) is 9.52. The summed E-state index contributed by atoms with van der Waals surface area (Å²) in [4.78, 5) is 41.9. The summed E-state index contributed by atoms with van der Waals surface area (Å²) >= 11 is 0. The minimum atomic E-state index is -0.967. The fourth-order valence-corrected chi connectivity index (χ4v) is 4.21. The van der Waals surface area contributed by atoms with E-state index >= 15 is 0 Å². The molecule has 1 aliphatic carbocycles. The molecule has 3 rings (SSSR count). The maximum absolute atomic E-state index is 14.1. The Morgan fingerprint density at radius 1 is 1.05 bits per heavy atom. The first kappa shape index (κ1) is 28.0. The fraction of sp³-hybridized carbons (Fsp3) is 0.483. The van der Waals surface area contributed by atoms with E-state index in [0.717, 1.165) is 18.4 Å². The van der Waals surface area contributed by atoms with Crippen LogP contribution in [0.2, 0.25) is 0 Å². The van der Waals surface area contributed by atoms with E-state index in [2.05, 4.69) is 10.6 Å². The number of phenolic OH excluding ortho intramolecular Hbond substituents is 1. The largest absolute Gasteiger partial charge is 0.508 e. The third kappa shape index (κ3) is 8.51. The Hall–Kier alpha value is -3.55. The van der Waals surface area contributed by atoms with Crippen LogP contribution >= 0.6 is 0 Å². The second kappa shape index (κ2) is 12.1. The highest BCUT2D eigenvalue weighted by Crippen LogP contribution is 2.36. The van der Waals surface area contributed by atoms with Crippen LogP contribution in [0.4, 0.5) is 4.79 Å². The number of alkyl carbamates (subject to hydrolysis) is 1. The zero-order chi connectivity index (χ0) is 27.2. The van der Waals surface area contributed by atoms with Crippen molar-refractivity contribution in [2.45, 2.75) is 84.2 Å². The van der Waals surface area contributed by atoms with Crippen molar-refractivity contribution < 1.29 is 24.2 Å². The first-order chi connectivity index (χ1) is 17.4. The lowest BCUT2D eigenvalue weighted by atomic mass is 9.98. The van der Waals surface area contributed by atoms with Gasteiger partial charge < -0.3 is 25.4 Å². The molecule has 200 valence electrons. The van der Waals surface area contributed by atoms with Crippen molar-refractivity contribution >= 4 is 17.9 Å². The predicted molar refractivity (Wildman–Crippen MR) is 142 cm³/mol. The topological polar surface area (TPSA) is 108 Å². The SMILES string of the molecule is CC(C)CC(NC(=O)OC(C)(C)C)C(=O)N(C1CC1)C(C(=O)NCc1ccccc1)c1cccc(O)c1. The summed E-state index contributed by atoms with van der Waals surface area (Å²) in [5.41, 5.74) is 0.720. The van der Waals surface area contributed by atoms with Crippen LogP contribution in [-0.4, -0.2) is 45.6 Å². The van der Waals surface area contributed by atoms with E-state index in [9.17, 15) is 19.5 Å². The number of aromatic hydroxyl groups is 1. The first-order valence-corrected chi connectivity index (χ1v) is 12.9. The van der Waals surface area contributed by atoms with Crippen molar-refractivity contribution in [1.29, 1.82) is 0 Å². The van der Waals surface area contributed by atoms with Crippen LogP contribution in [0.3, 0.4) is 0 Å². The smallest absolute Gasteiger partial charge is 0.408 e. The fourth-order valence-electron chi connectivity index (χ4n) is 4.21. The second-order valence-corrected chi connectivity index (χ2v) is 11.0. The van der Waals surface area contributed by atoms with E-state index in [1.54, 1.807) is 37.8 Å². The summed E-state index contributed by atoms with van der Waals surface area (Å²) in [6.07, 6.45) is 1.23. The predicted octanol–water partition coefficient (Wildman–Crippen LogP) is 4.68. The molecular weight excluding hydrogens is 470 g/mol. The lowest BCUT2D eigenvalue weighted by Crippen LogP contribution is -2.54. The Balaban J connectivity index is 1.93. The molecule has 37 heavy (non-hydrogen) atoms. The van der Waals surface area contributed by atoms with Crippen molar-refractivity contribution in [3.8, 4) is 5.75 Å². The molecule has 2 aromatic rings. The summed E-state index contributed by atoms with van der Waals surface area (Å²) < 4.78 is 5.42. The molecule has 1 fully saturated rings. The second-order valence-electron chi connectivity index (χ2n) is 11.0. The summed E-state index contributed by atoms with van der Waals surface area (Å²) in [5, 5.41) is 15.9. The molecule has 8 heteroatoms. The Morgan fingerprint density at radius 3 is 2.30 bits per heavy atom. The van der Waals surface area contributed by atoms with Crippen molar-refractivity contribution in [3.63, 3.8) is 0 Å². The van der Waals surface area contributed by atoms with Crippen LogP contribution in [0, 0.1) is 5.92 Å². The normalized spacial score (nSPS) is 15.0. The maximum atomic E-state index is 14.1. The number of amides is 3. The monoisotopic (exact) mass is 509 g/mol. The third-order valence-electron chi connectivity index (χ3n) is 5.91. The van der Waals surface area contributed by atoms with Gasteiger partial charge in [0.15, 0.2) is 0 Å². The molecular formula is C29H39N3O5. The number of nitrogens with zero attached hydrogens (tertiary/aromatic N) is 1. The molecule has 0 spiro atoms. The number of ether oxygens (including phenoxy) is 1. The zero-order valence-electron chi connectivity index (χ0n) is 22.4. The standard InChI is InChI=1S/C29H39N3O5/c1-19(2)16-24(31-28(36)37-29(3,4)5)27(35)32(22-14-15-22)25(21-12-9-13-23(33)17-21)26(34)30-18-20-10-7-6-8-11-20/h6-13,17,19,22,24-25,33H,14-16,18H2,1-5H3,(H,30,34)(H,31,36). The van der Waals surface area contributed by atoms with Gasteiger partial charge in [-0.1, -0.05) is 56.3 Å². The number of phenols is 1. The van der Waals surface area contributed by atoms with Gasteiger partial charge in [0.1, 0.15) is 23.4 Å². The van der Waals surface area contributed by atoms with Crippen molar-refractivity contribution in [3.05, 3.63) is 65.7 Å².